The molecule has 120 valence electrons. The molecular formula is C13H15ClN2O5S. The number of aliphatic carboxylic acids is 1. The molecule has 2 rings (SSSR count). The first-order valence-corrected chi connectivity index (χ1v) is 8.46. The predicted molar refractivity (Wildman–Crippen MR) is 79.8 cm³/mol. The summed E-state index contributed by atoms with van der Waals surface area (Å²) < 4.78 is 22.7. The number of carbonyl (C=O) groups is 2. The maximum Gasteiger partial charge on any atom is 0.326 e. The summed E-state index contributed by atoms with van der Waals surface area (Å²) in [5.41, 5.74) is 0.573. The van der Waals surface area contributed by atoms with Gasteiger partial charge >= 0.3 is 5.97 Å². The number of likely N-dealkylation sites (tertiary alicyclic amines) is 1. The number of carbonyl (C=O) groups excluding carboxylic acids is 1. The molecule has 1 fully saturated rings. The van der Waals surface area contributed by atoms with Crippen molar-refractivity contribution in [3.63, 3.8) is 0 Å². The van der Waals surface area contributed by atoms with Crippen molar-refractivity contribution in [2.45, 2.75) is 24.1 Å². The number of hydrogen-bond acceptors (Lipinski definition) is 4. The van der Waals surface area contributed by atoms with Crippen LogP contribution in [0.25, 0.3) is 0 Å². The maximum atomic E-state index is 12.0. The van der Waals surface area contributed by atoms with E-state index in [-0.39, 0.29) is 19.4 Å². The van der Waals surface area contributed by atoms with E-state index in [1.54, 1.807) is 24.3 Å². The summed E-state index contributed by atoms with van der Waals surface area (Å²) in [6.07, 6.45) is -0.302. The van der Waals surface area contributed by atoms with E-state index < -0.39 is 33.2 Å². The van der Waals surface area contributed by atoms with E-state index in [2.05, 4.69) is 0 Å². The molecule has 1 amide bonds. The van der Waals surface area contributed by atoms with Crippen molar-refractivity contribution in [3.05, 3.63) is 34.9 Å². The standard InChI is InChI=1S/C13H15ClN2O5S/c14-10-4-2-1-3-8(10)5-11(13(18)19)16-7-9(6-12(16)17)22(15,20)21/h1-4,9,11H,5-7H2,(H,18,19)(H2,15,20,21)/t9?,11-/m0/s1. The summed E-state index contributed by atoms with van der Waals surface area (Å²) in [4.78, 5) is 24.5. The molecule has 0 bridgehead atoms. The quantitative estimate of drug-likeness (QED) is 0.791. The number of rotatable bonds is 5. The maximum absolute atomic E-state index is 12.0. The van der Waals surface area contributed by atoms with Gasteiger partial charge in [-0.2, -0.15) is 0 Å². The van der Waals surface area contributed by atoms with Crippen LogP contribution in [0.1, 0.15) is 12.0 Å². The Morgan fingerprint density at radius 3 is 2.59 bits per heavy atom. The van der Waals surface area contributed by atoms with Gasteiger partial charge in [0.1, 0.15) is 11.3 Å². The highest BCUT2D eigenvalue weighted by Crippen LogP contribution is 2.24. The molecule has 1 aliphatic heterocycles. The molecule has 1 aliphatic rings. The topological polar surface area (TPSA) is 118 Å². The van der Waals surface area contributed by atoms with Crippen LogP contribution >= 0.6 is 11.6 Å². The molecule has 0 spiro atoms. The minimum absolute atomic E-state index is 0.00190. The Kier molecular flexibility index (Phi) is 4.74. The normalized spacial score (nSPS) is 20.2. The van der Waals surface area contributed by atoms with Gasteiger partial charge in [-0.25, -0.2) is 18.4 Å². The number of nitrogens with zero attached hydrogens (tertiary/aromatic N) is 1. The van der Waals surface area contributed by atoms with Gasteiger partial charge in [0.15, 0.2) is 0 Å². The zero-order valence-corrected chi connectivity index (χ0v) is 13.0. The molecule has 1 unspecified atom stereocenters. The Morgan fingerprint density at radius 2 is 2.09 bits per heavy atom. The monoisotopic (exact) mass is 346 g/mol. The Morgan fingerprint density at radius 1 is 1.45 bits per heavy atom. The molecule has 3 N–H and O–H groups in total. The smallest absolute Gasteiger partial charge is 0.326 e. The third kappa shape index (κ3) is 3.57. The summed E-state index contributed by atoms with van der Waals surface area (Å²) in [5.74, 6) is -1.76. The van der Waals surface area contributed by atoms with Crippen LogP contribution in [0, 0.1) is 0 Å². The van der Waals surface area contributed by atoms with Crippen LogP contribution < -0.4 is 5.14 Å². The molecule has 1 aromatic carbocycles. The first-order chi connectivity index (χ1) is 10.2. The number of halogens is 1. The van der Waals surface area contributed by atoms with E-state index >= 15 is 0 Å². The minimum Gasteiger partial charge on any atom is -0.480 e. The number of carboxylic acid groups (broad SMARTS) is 1. The van der Waals surface area contributed by atoms with Crippen molar-refractivity contribution in [1.29, 1.82) is 0 Å². The molecule has 0 radical (unpaired) electrons. The Bertz CT molecular complexity index is 706. The van der Waals surface area contributed by atoms with Crippen LogP contribution in [0.4, 0.5) is 0 Å². The molecule has 0 aliphatic carbocycles. The number of sulfonamides is 1. The van der Waals surface area contributed by atoms with Crippen LogP contribution in [0.15, 0.2) is 24.3 Å². The predicted octanol–water partition coefficient (Wildman–Crippen LogP) is 0.225. The molecule has 1 heterocycles. The summed E-state index contributed by atoms with van der Waals surface area (Å²) >= 11 is 6.01. The van der Waals surface area contributed by atoms with E-state index in [0.717, 1.165) is 4.90 Å². The van der Waals surface area contributed by atoms with E-state index in [1.807, 2.05) is 0 Å². The average molecular weight is 347 g/mol. The van der Waals surface area contributed by atoms with Gasteiger partial charge in [-0.1, -0.05) is 29.8 Å². The second-order valence-electron chi connectivity index (χ2n) is 5.11. The van der Waals surface area contributed by atoms with Crippen molar-refractivity contribution in [1.82, 2.24) is 4.90 Å². The molecular weight excluding hydrogens is 332 g/mol. The third-order valence-corrected chi connectivity index (χ3v) is 5.23. The van der Waals surface area contributed by atoms with Gasteiger partial charge in [0.05, 0.1) is 0 Å². The van der Waals surface area contributed by atoms with Crippen LogP contribution in [-0.2, 0) is 26.0 Å². The molecule has 9 heteroatoms. The molecule has 0 saturated carbocycles. The van der Waals surface area contributed by atoms with E-state index in [1.165, 1.54) is 0 Å². The molecule has 2 atom stereocenters. The van der Waals surface area contributed by atoms with Gasteiger partial charge in [-0.3, -0.25) is 4.79 Å². The summed E-state index contributed by atoms with van der Waals surface area (Å²) in [7, 11) is -3.89. The van der Waals surface area contributed by atoms with Crippen molar-refractivity contribution >= 4 is 33.5 Å². The zero-order valence-electron chi connectivity index (χ0n) is 11.5. The minimum atomic E-state index is -3.89. The highest BCUT2D eigenvalue weighted by atomic mass is 35.5. The van der Waals surface area contributed by atoms with E-state index in [0.29, 0.717) is 10.6 Å². The second-order valence-corrected chi connectivity index (χ2v) is 7.36. The SMILES string of the molecule is NS(=O)(=O)C1CC(=O)N([C@@H](Cc2ccccc2Cl)C(=O)O)C1. The summed E-state index contributed by atoms with van der Waals surface area (Å²) in [6.45, 7) is -0.223. The van der Waals surface area contributed by atoms with Gasteiger partial charge in [-0.15, -0.1) is 0 Å². The van der Waals surface area contributed by atoms with Gasteiger partial charge in [0.25, 0.3) is 0 Å². The lowest BCUT2D eigenvalue weighted by Gasteiger charge is -2.25. The summed E-state index contributed by atoms with van der Waals surface area (Å²) in [5, 5.41) is 13.7. The lowest BCUT2D eigenvalue weighted by molar-refractivity contribution is -0.148. The number of nitrogens with two attached hydrogens (primary N) is 1. The summed E-state index contributed by atoms with van der Waals surface area (Å²) in [6, 6.07) is 5.52. The van der Waals surface area contributed by atoms with Gasteiger partial charge in [0.2, 0.25) is 15.9 Å². The number of amides is 1. The van der Waals surface area contributed by atoms with Gasteiger partial charge in [-0.05, 0) is 11.6 Å². The van der Waals surface area contributed by atoms with Crippen LogP contribution in [0.2, 0.25) is 5.02 Å². The van der Waals surface area contributed by atoms with Crippen LogP contribution in [0.5, 0.6) is 0 Å². The fourth-order valence-corrected chi connectivity index (χ4v) is 3.38. The fourth-order valence-electron chi connectivity index (χ4n) is 2.42. The molecule has 1 saturated heterocycles. The number of benzene rings is 1. The van der Waals surface area contributed by atoms with E-state index in [9.17, 15) is 23.1 Å². The number of carboxylic acids is 1. The van der Waals surface area contributed by atoms with Gasteiger partial charge in [0, 0.05) is 24.4 Å². The average Bonchev–Trinajstić information content (AvgIpc) is 2.79. The first-order valence-electron chi connectivity index (χ1n) is 6.47. The first kappa shape index (κ1) is 16.7. The van der Waals surface area contributed by atoms with Crippen molar-refractivity contribution in [2.24, 2.45) is 5.14 Å². The molecule has 0 aromatic heterocycles. The third-order valence-electron chi connectivity index (χ3n) is 3.62. The van der Waals surface area contributed by atoms with Crippen molar-refractivity contribution < 1.29 is 23.1 Å². The Balaban J connectivity index is 2.24. The number of primary sulfonamides is 1. The fraction of sp³-hybridized carbons (Fsp3) is 0.385. The lowest BCUT2D eigenvalue weighted by Crippen LogP contribution is -2.44. The highest BCUT2D eigenvalue weighted by molar-refractivity contribution is 7.89. The Labute approximate surface area is 132 Å². The van der Waals surface area contributed by atoms with Gasteiger partial charge < -0.3 is 10.0 Å². The second kappa shape index (κ2) is 6.23. The molecule has 1 aromatic rings. The van der Waals surface area contributed by atoms with E-state index in [4.69, 9.17) is 16.7 Å². The van der Waals surface area contributed by atoms with Crippen molar-refractivity contribution in [3.8, 4) is 0 Å². The molecule has 22 heavy (non-hydrogen) atoms. The Hall–Kier alpha value is -1.64. The number of hydrogen-bond donors (Lipinski definition) is 2. The highest BCUT2D eigenvalue weighted by Gasteiger charge is 2.42. The van der Waals surface area contributed by atoms with Crippen LogP contribution in [-0.4, -0.2) is 48.1 Å². The molecule has 7 nitrogen and oxygen atoms in total. The lowest BCUT2D eigenvalue weighted by atomic mass is 10.0. The van der Waals surface area contributed by atoms with Crippen molar-refractivity contribution in [2.75, 3.05) is 6.54 Å². The van der Waals surface area contributed by atoms with Crippen LogP contribution in [0.3, 0.4) is 0 Å². The largest absolute Gasteiger partial charge is 0.480 e. The zero-order chi connectivity index (χ0) is 16.5.